The molecule has 20 heavy (non-hydrogen) atoms. The van der Waals surface area contributed by atoms with Gasteiger partial charge in [-0.25, -0.2) is 4.98 Å². The van der Waals surface area contributed by atoms with Gasteiger partial charge >= 0.3 is 0 Å². The van der Waals surface area contributed by atoms with E-state index in [9.17, 15) is 5.26 Å². The van der Waals surface area contributed by atoms with Crippen LogP contribution >= 0.6 is 0 Å². The summed E-state index contributed by atoms with van der Waals surface area (Å²) >= 11 is 0. The van der Waals surface area contributed by atoms with Gasteiger partial charge in [0.25, 0.3) is 0 Å². The lowest BCUT2D eigenvalue weighted by atomic mass is 9.85. The number of nitrogens with zero attached hydrogens (tertiary/aromatic N) is 2. The molecule has 2 aromatic rings. The Balaban J connectivity index is 2.36. The summed E-state index contributed by atoms with van der Waals surface area (Å²) in [7, 11) is 0. The van der Waals surface area contributed by atoms with Crippen molar-refractivity contribution < 1.29 is 0 Å². The van der Waals surface area contributed by atoms with Crippen molar-refractivity contribution in [3.8, 4) is 17.2 Å². The standard InChI is InChI=1S/C17H17N3/c1-11-6-2-3-7-12(11)16-13-8-4-5-9-15(13)20-17(19)14(16)10-18/h2-3,6-7H,4-5,8-9H2,1H3,(H2,19,20). The quantitative estimate of drug-likeness (QED) is 0.857. The van der Waals surface area contributed by atoms with Crippen molar-refractivity contribution in [1.82, 2.24) is 4.98 Å². The summed E-state index contributed by atoms with van der Waals surface area (Å²) in [5.74, 6) is 0.367. The maximum Gasteiger partial charge on any atom is 0.142 e. The number of pyridine rings is 1. The second kappa shape index (κ2) is 4.97. The number of nitrogens with two attached hydrogens (primary N) is 1. The first kappa shape index (κ1) is 12.7. The molecule has 0 aliphatic heterocycles. The van der Waals surface area contributed by atoms with Gasteiger partial charge in [0.2, 0.25) is 0 Å². The van der Waals surface area contributed by atoms with Gasteiger partial charge in [-0.15, -0.1) is 0 Å². The second-order valence-corrected chi connectivity index (χ2v) is 5.31. The molecule has 2 N–H and O–H groups in total. The Labute approximate surface area is 119 Å². The van der Waals surface area contributed by atoms with E-state index in [1.54, 1.807) is 0 Å². The summed E-state index contributed by atoms with van der Waals surface area (Å²) in [6, 6.07) is 10.4. The predicted octanol–water partition coefficient (Wildman–Crippen LogP) is 3.39. The predicted molar refractivity (Wildman–Crippen MR) is 80.2 cm³/mol. The van der Waals surface area contributed by atoms with Gasteiger partial charge in [0.15, 0.2) is 0 Å². The summed E-state index contributed by atoms with van der Waals surface area (Å²) in [6.45, 7) is 2.07. The topological polar surface area (TPSA) is 62.7 Å². The lowest BCUT2D eigenvalue weighted by molar-refractivity contribution is 0.670. The molecule has 1 aliphatic rings. The smallest absolute Gasteiger partial charge is 0.142 e. The molecule has 0 bridgehead atoms. The first-order valence-corrected chi connectivity index (χ1v) is 6.99. The Morgan fingerprint density at radius 2 is 1.95 bits per heavy atom. The fourth-order valence-electron chi connectivity index (χ4n) is 3.03. The normalized spacial score (nSPS) is 13.6. The highest BCUT2D eigenvalue weighted by Gasteiger charge is 2.22. The largest absolute Gasteiger partial charge is 0.383 e. The van der Waals surface area contributed by atoms with Crippen LogP contribution in [-0.4, -0.2) is 4.98 Å². The molecule has 0 radical (unpaired) electrons. The molecule has 0 saturated heterocycles. The van der Waals surface area contributed by atoms with E-state index in [1.165, 1.54) is 11.1 Å². The monoisotopic (exact) mass is 263 g/mol. The number of hydrogen-bond acceptors (Lipinski definition) is 3. The van der Waals surface area contributed by atoms with Crippen molar-refractivity contribution in [1.29, 1.82) is 5.26 Å². The Kier molecular flexibility index (Phi) is 3.15. The maximum atomic E-state index is 9.48. The lowest BCUT2D eigenvalue weighted by Crippen LogP contribution is -2.12. The third-order valence-corrected chi connectivity index (χ3v) is 4.03. The van der Waals surface area contributed by atoms with Crippen LogP contribution in [0.15, 0.2) is 24.3 Å². The van der Waals surface area contributed by atoms with Crippen LogP contribution in [0.2, 0.25) is 0 Å². The minimum absolute atomic E-state index is 0.367. The second-order valence-electron chi connectivity index (χ2n) is 5.31. The zero-order valence-corrected chi connectivity index (χ0v) is 11.6. The van der Waals surface area contributed by atoms with E-state index in [-0.39, 0.29) is 0 Å². The van der Waals surface area contributed by atoms with Crippen LogP contribution in [0.3, 0.4) is 0 Å². The summed E-state index contributed by atoms with van der Waals surface area (Å²) in [6.07, 6.45) is 4.26. The van der Waals surface area contributed by atoms with E-state index in [0.29, 0.717) is 11.4 Å². The van der Waals surface area contributed by atoms with Crippen molar-refractivity contribution >= 4 is 5.82 Å². The van der Waals surface area contributed by atoms with E-state index in [2.05, 4.69) is 30.1 Å². The van der Waals surface area contributed by atoms with Gasteiger partial charge in [-0.05, 0) is 49.3 Å². The van der Waals surface area contributed by atoms with Gasteiger partial charge in [-0.2, -0.15) is 5.26 Å². The van der Waals surface area contributed by atoms with Gasteiger partial charge in [-0.1, -0.05) is 24.3 Å². The van der Waals surface area contributed by atoms with Crippen molar-refractivity contribution in [2.24, 2.45) is 0 Å². The highest BCUT2D eigenvalue weighted by atomic mass is 14.9. The van der Waals surface area contributed by atoms with Gasteiger partial charge in [0, 0.05) is 11.3 Å². The molecule has 0 fully saturated rings. The molecule has 0 atom stereocenters. The Bertz CT molecular complexity index is 711. The van der Waals surface area contributed by atoms with Crippen LogP contribution in [0, 0.1) is 18.3 Å². The Morgan fingerprint density at radius 1 is 1.20 bits per heavy atom. The molecular formula is C17H17N3. The van der Waals surface area contributed by atoms with E-state index < -0.39 is 0 Å². The highest BCUT2D eigenvalue weighted by Crippen LogP contribution is 2.36. The van der Waals surface area contributed by atoms with Gasteiger partial charge in [0.1, 0.15) is 17.5 Å². The molecule has 1 aromatic heterocycles. The van der Waals surface area contributed by atoms with Crippen LogP contribution in [0.25, 0.3) is 11.1 Å². The number of benzene rings is 1. The van der Waals surface area contributed by atoms with Crippen LogP contribution < -0.4 is 5.73 Å². The molecule has 0 saturated carbocycles. The number of aromatic nitrogens is 1. The number of nitrogen functional groups attached to an aromatic ring is 1. The van der Waals surface area contributed by atoms with E-state index in [0.717, 1.165) is 42.5 Å². The van der Waals surface area contributed by atoms with Crippen molar-refractivity contribution in [2.75, 3.05) is 5.73 Å². The minimum atomic E-state index is 0.367. The lowest BCUT2D eigenvalue weighted by Gasteiger charge is -2.21. The van der Waals surface area contributed by atoms with Crippen LogP contribution in [-0.2, 0) is 12.8 Å². The first-order valence-electron chi connectivity index (χ1n) is 6.99. The summed E-state index contributed by atoms with van der Waals surface area (Å²) in [4.78, 5) is 4.46. The van der Waals surface area contributed by atoms with Crippen LogP contribution in [0.1, 0.15) is 35.2 Å². The van der Waals surface area contributed by atoms with E-state index in [1.807, 2.05) is 12.1 Å². The summed E-state index contributed by atoms with van der Waals surface area (Å²) < 4.78 is 0. The number of aryl methyl sites for hydroxylation is 2. The van der Waals surface area contributed by atoms with Crippen molar-refractivity contribution in [2.45, 2.75) is 32.6 Å². The summed E-state index contributed by atoms with van der Waals surface area (Å²) in [5, 5.41) is 9.48. The number of rotatable bonds is 1. The van der Waals surface area contributed by atoms with Gasteiger partial charge in [-0.3, -0.25) is 0 Å². The SMILES string of the molecule is Cc1ccccc1-c1c(C#N)c(N)nc2c1CCCC2. The zero-order valence-electron chi connectivity index (χ0n) is 11.6. The molecule has 1 aromatic carbocycles. The molecule has 0 unspecified atom stereocenters. The number of anilines is 1. The molecule has 0 spiro atoms. The molecule has 100 valence electrons. The molecule has 3 heteroatoms. The molecule has 3 nitrogen and oxygen atoms in total. The number of hydrogen-bond donors (Lipinski definition) is 1. The molecule has 1 aliphatic carbocycles. The zero-order chi connectivity index (χ0) is 14.1. The third kappa shape index (κ3) is 1.94. The molecular weight excluding hydrogens is 246 g/mol. The summed E-state index contributed by atoms with van der Waals surface area (Å²) in [5.41, 5.74) is 12.1. The first-order chi connectivity index (χ1) is 9.72. The molecule has 0 amide bonds. The fourth-order valence-corrected chi connectivity index (χ4v) is 3.03. The molecule has 3 rings (SSSR count). The van der Waals surface area contributed by atoms with Gasteiger partial charge < -0.3 is 5.73 Å². The third-order valence-electron chi connectivity index (χ3n) is 4.03. The van der Waals surface area contributed by atoms with E-state index >= 15 is 0 Å². The van der Waals surface area contributed by atoms with Crippen molar-refractivity contribution in [3.63, 3.8) is 0 Å². The van der Waals surface area contributed by atoms with E-state index in [4.69, 9.17) is 5.73 Å². The highest BCUT2D eigenvalue weighted by molar-refractivity contribution is 5.81. The Hall–Kier alpha value is -2.34. The number of nitriles is 1. The van der Waals surface area contributed by atoms with Crippen LogP contribution in [0.5, 0.6) is 0 Å². The van der Waals surface area contributed by atoms with Gasteiger partial charge in [0.05, 0.1) is 0 Å². The minimum Gasteiger partial charge on any atom is -0.383 e. The molecule has 1 heterocycles. The average Bonchev–Trinajstić information content (AvgIpc) is 2.46. The van der Waals surface area contributed by atoms with Crippen LogP contribution in [0.4, 0.5) is 5.82 Å². The fraction of sp³-hybridized carbons (Fsp3) is 0.294. The maximum absolute atomic E-state index is 9.48. The Morgan fingerprint density at radius 3 is 2.70 bits per heavy atom. The van der Waals surface area contributed by atoms with Crippen molar-refractivity contribution in [3.05, 3.63) is 46.6 Å². The number of fused-ring (bicyclic) bond motifs is 1. The average molecular weight is 263 g/mol.